The number of hydrogen-bond donors (Lipinski definition) is 0. The van der Waals surface area contributed by atoms with E-state index in [0.717, 1.165) is 9.13 Å². The van der Waals surface area contributed by atoms with Crippen molar-refractivity contribution in [3.05, 3.63) is 71.8 Å². The van der Waals surface area contributed by atoms with Gasteiger partial charge in [0.2, 0.25) is 0 Å². The van der Waals surface area contributed by atoms with Crippen LogP contribution in [-0.4, -0.2) is 23.3 Å². The minimum atomic E-state index is -0.646. The molecule has 29 heavy (non-hydrogen) atoms. The summed E-state index contributed by atoms with van der Waals surface area (Å²) in [5.74, 6) is -0.489. The third kappa shape index (κ3) is 2.42. The summed E-state index contributed by atoms with van der Waals surface area (Å²) in [4.78, 5) is 55.2. The Morgan fingerprint density at radius 3 is 1.52 bits per heavy atom. The number of aromatic nitrogens is 5. The number of fused-ring (bicyclic) bond motifs is 2. The van der Waals surface area contributed by atoms with Gasteiger partial charge < -0.3 is 0 Å². The lowest BCUT2D eigenvalue weighted by Crippen LogP contribution is -2.40. The third-order valence-electron chi connectivity index (χ3n) is 5.11. The summed E-state index contributed by atoms with van der Waals surface area (Å²) in [6.45, 7) is 0. The van der Waals surface area contributed by atoms with Crippen LogP contribution >= 0.6 is 0 Å². The molecule has 0 N–H and O–H groups in total. The highest BCUT2D eigenvalue weighted by molar-refractivity contribution is 6.07. The van der Waals surface area contributed by atoms with Gasteiger partial charge in [-0.15, -0.1) is 0 Å². The number of benzene rings is 1. The van der Waals surface area contributed by atoms with Crippen LogP contribution in [0.15, 0.2) is 43.4 Å². The van der Waals surface area contributed by atoms with Gasteiger partial charge in [-0.05, 0) is 17.7 Å². The van der Waals surface area contributed by atoms with E-state index in [-0.39, 0.29) is 27.6 Å². The fraction of sp³-hybridized carbons (Fsp3) is 0.211. The normalized spacial score (nSPS) is 11.5. The average molecular weight is 397 g/mol. The molecular weight excluding hydrogens is 381 g/mol. The van der Waals surface area contributed by atoms with Gasteiger partial charge in [0.1, 0.15) is 5.82 Å². The van der Waals surface area contributed by atoms with E-state index in [9.17, 15) is 23.6 Å². The molecule has 0 saturated heterocycles. The molecule has 0 aliphatic rings. The van der Waals surface area contributed by atoms with Gasteiger partial charge in [0, 0.05) is 33.8 Å². The second-order valence-electron chi connectivity index (χ2n) is 6.80. The van der Waals surface area contributed by atoms with Crippen LogP contribution in [0.2, 0.25) is 0 Å². The lowest BCUT2D eigenvalue weighted by Gasteiger charge is -2.15. The fourth-order valence-electron chi connectivity index (χ4n) is 3.50. The van der Waals surface area contributed by atoms with E-state index < -0.39 is 28.3 Å². The van der Waals surface area contributed by atoms with Crippen LogP contribution in [0.3, 0.4) is 0 Å². The molecule has 3 heterocycles. The molecular formula is C19H16FN5O4. The van der Waals surface area contributed by atoms with Gasteiger partial charge in [0.15, 0.2) is 11.3 Å². The Morgan fingerprint density at radius 1 is 0.690 bits per heavy atom. The predicted octanol–water partition coefficient (Wildman–Crippen LogP) is -0.0111. The molecule has 9 nitrogen and oxygen atoms in total. The van der Waals surface area contributed by atoms with Gasteiger partial charge in [-0.25, -0.2) is 19.0 Å². The van der Waals surface area contributed by atoms with Gasteiger partial charge in [0.25, 0.3) is 11.1 Å². The maximum Gasteiger partial charge on any atom is 0.332 e. The zero-order chi connectivity index (χ0) is 21.2. The molecule has 0 saturated carbocycles. The van der Waals surface area contributed by atoms with E-state index in [1.165, 1.54) is 61.6 Å². The summed E-state index contributed by atoms with van der Waals surface area (Å²) in [6, 6.07) is 5.26. The molecule has 0 aliphatic heterocycles. The highest BCUT2D eigenvalue weighted by Crippen LogP contribution is 2.30. The molecule has 0 unspecified atom stereocenters. The fourth-order valence-corrected chi connectivity index (χ4v) is 3.50. The van der Waals surface area contributed by atoms with Crippen molar-refractivity contribution in [2.75, 3.05) is 0 Å². The molecule has 3 aromatic heterocycles. The Labute approximate surface area is 161 Å². The Balaban J connectivity index is 2.48. The Kier molecular flexibility index (Phi) is 3.89. The average Bonchev–Trinajstić information content (AvgIpc) is 2.72. The van der Waals surface area contributed by atoms with Crippen LogP contribution in [0.4, 0.5) is 4.39 Å². The van der Waals surface area contributed by atoms with Crippen LogP contribution in [-0.2, 0) is 28.2 Å². The highest BCUT2D eigenvalue weighted by Gasteiger charge is 2.23. The van der Waals surface area contributed by atoms with Crippen LogP contribution in [0.5, 0.6) is 0 Å². The maximum absolute atomic E-state index is 13.5. The first-order valence-corrected chi connectivity index (χ1v) is 8.60. The summed E-state index contributed by atoms with van der Waals surface area (Å²) in [6.07, 6.45) is 0. The summed E-state index contributed by atoms with van der Waals surface area (Å²) in [7, 11) is 5.52. The molecule has 0 amide bonds. The first-order valence-electron chi connectivity index (χ1n) is 8.60. The number of hydrogen-bond acceptors (Lipinski definition) is 5. The summed E-state index contributed by atoms with van der Waals surface area (Å²) >= 11 is 0. The molecule has 0 atom stereocenters. The van der Waals surface area contributed by atoms with Crippen molar-refractivity contribution in [3.63, 3.8) is 0 Å². The van der Waals surface area contributed by atoms with Crippen LogP contribution in [0, 0.1) is 5.82 Å². The van der Waals surface area contributed by atoms with Crippen LogP contribution < -0.4 is 22.5 Å². The SMILES string of the molecule is Cn1c(=O)c2c(-c3ccc(F)cc3)c3c(=O)n(C)c(=O)n(C)c3nc2n(C)c1=O. The van der Waals surface area contributed by atoms with E-state index >= 15 is 0 Å². The molecule has 0 aliphatic carbocycles. The largest absolute Gasteiger partial charge is 0.332 e. The Bertz CT molecular complexity index is 1480. The van der Waals surface area contributed by atoms with Crippen molar-refractivity contribution in [2.45, 2.75) is 0 Å². The molecule has 10 heteroatoms. The monoisotopic (exact) mass is 397 g/mol. The molecule has 0 spiro atoms. The molecule has 4 rings (SSSR count). The molecule has 0 radical (unpaired) electrons. The zero-order valence-corrected chi connectivity index (χ0v) is 16.1. The van der Waals surface area contributed by atoms with E-state index in [4.69, 9.17) is 0 Å². The molecule has 148 valence electrons. The van der Waals surface area contributed by atoms with Crippen molar-refractivity contribution in [1.29, 1.82) is 0 Å². The molecule has 1 aromatic carbocycles. The first-order chi connectivity index (χ1) is 13.6. The van der Waals surface area contributed by atoms with Gasteiger partial charge in [-0.2, -0.15) is 0 Å². The van der Waals surface area contributed by atoms with Crippen molar-refractivity contribution < 1.29 is 4.39 Å². The summed E-state index contributed by atoms with van der Waals surface area (Å²) in [5, 5.41) is 0.0638. The molecule has 0 fully saturated rings. The van der Waals surface area contributed by atoms with E-state index in [0.29, 0.717) is 5.56 Å². The molecule has 4 aromatic rings. The van der Waals surface area contributed by atoms with Gasteiger partial charge in [-0.1, -0.05) is 12.1 Å². The Morgan fingerprint density at radius 2 is 1.10 bits per heavy atom. The lowest BCUT2D eigenvalue weighted by atomic mass is 9.99. The van der Waals surface area contributed by atoms with E-state index in [2.05, 4.69) is 4.98 Å². The predicted molar refractivity (Wildman–Crippen MR) is 106 cm³/mol. The number of halogens is 1. The van der Waals surface area contributed by atoms with E-state index in [1.807, 2.05) is 0 Å². The number of rotatable bonds is 1. The minimum Gasteiger partial charge on any atom is -0.280 e. The highest BCUT2D eigenvalue weighted by atomic mass is 19.1. The standard InChI is InChI=1S/C19H16FN5O4/c1-22-14-12(16(26)24(3)18(22)28)11(9-5-7-10(20)8-6-9)13-15(21-14)23(2)19(29)25(4)17(13)27/h5-8H,1-4H3. The summed E-state index contributed by atoms with van der Waals surface area (Å²) in [5.41, 5.74) is -1.88. The lowest BCUT2D eigenvalue weighted by molar-refractivity contribution is 0.628. The van der Waals surface area contributed by atoms with Crippen molar-refractivity contribution in [1.82, 2.24) is 23.3 Å². The van der Waals surface area contributed by atoms with Crippen LogP contribution in [0.1, 0.15) is 0 Å². The van der Waals surface area contributed by atoms with Gasteiger partial charge >= 0.3 is 11.4 Å². The number of aryl methyl sites for hydroxylation is 2. The number of nitrogens with zero attached hydrogens (tertiary/aromatic N) is 5. The smallest absolute Gasteiger partial charge is 0.280 e. The quantitative estimate of drug-likeness (QED) is 0.421. The van der Waals surface area contributed by atoms with Gasteiger partial charge in [-0.3, -0.25) is 27.9 Å². The number of pyridine rings is 1. The minimum absolute atomic E-state index is 0.0215. The first kappa shape index (κ1) is 18.5. The second kappa shape index (κ2) is 6.09. The Hall–Kier alpha value is -3.82. The van der Waals surface area contributed by atoms with Crippen LogP contribution in [0.25, 0.3) is 33.2 Å². The molecule has 0 bridgehead atoms. The zero-order valence-electron chi connectivity index (χ0n) is 16.1. The van der Waals surface area contributed by atoms with Crippen molar-refractivity contribution in [3.8, 4) is 11.1 Å². The van der Waals surface area contributed by atoms with E-state index in [1.54, 1.807) is 0 Å². The maximum atomic E-state index is 13.5. The summed E-state index contributed by atoms with van der Waals surface area (Å²) < 4.78 is 17.7. The third-order valence-corrected chi connectivity index (χ3v) is 5.11. The topological polar surface area (TPSA) is 101 Å². The second-order valence-corrected chi connectivity index (χ2v) is 6.80. The van der Waals surface area contributed by atoms with Crippen molar-refractivity contribution in [2.24, 2.45) is 28.2 Å². The van der Waals surface area contributed by atoms with Gasteiger partial charge in [0.05, 0.1) is 10.8 Å². The van der Waals surface area contributed by atoms with Crippen molar-refractivity contribution >= 4 is 22.1 Å².